The fourth-order valence-corrected chi connectivity index (χ4v) is 30.7. The maximum atomic E-state index is 2.84. The summed E-state index contributed by atoms with van der Waals surface area (Å²) in [5.41, 5.74) is 6.83. The summed E-state index contributed by atoms with van der Waals surface area (Å²) < 4.78 is 4.03. The summed E-state index contributed by atoms with van der Waals surface area (Å²) in [4.78, 5) is 0. The molecule has 306 valence electrons. The Bertz CT molecular complexity index is 2120. The van der Waals surface area contributed by atoms with E-state index in [2.05, 4.69) is 203 Å². The molecule has 8 rings (SSSR count). The van der Waals surface area contributed by atoms with E-state index in [0.29, 0.717) is 9.59 Å². The quantitative estimate of drug-likeness (QED) is 0.210. The van der Waals surface area contributed by atoms with Crippen LogP contribution in [0.1, 0.15) is 124 Å². The second-order valence-electron chi connectivity index (χ2n) is 19.7. The van der Waals surface area contributed by atoms with E-state index < -0.39 is 21.0 Å². The molecule has 0 amide bonds. The average molecular weight is 979 g/mol. The summed E-state index contributed by atoms with van der Waals surface area (Å²) in [5, 5.41) is 0. The minimum Gasteiger partial charge on any atom is -1.00 e. The van der Waals surface area contributed by atoms with Crippen LogP contribution in [0, 0.1) is 43.8 Å². The molecule has 0 saturated heterocycles. The van der Waals surface area contributed by atoms with Gasteiger partial charge in [0.2, 0.25) is 0 Å². The van der Waals surface area contributed by atoms with Gasteiger partial charge in [0.1, 0.15) is 0 Å². The van der Waals surface area contributed by atoms with Crippen LogP contribution in [0.3, 0.4) is 0 Å². The minimum absolute atomic E-state index is 0. The van der Waals surface area contributed by atoms with Gasteiger partial charge in [0.05, 0.1) is 0 Å². The number of allylic oxidation sites excluding steroid dienone is 16. The van der Waals surface area contributed by atoms with Gasteiger partial charge in [0.25, 0.3) is 0 Å². The maximum absolute atomic E-state index is 3.27. The van der Waals surface area contributed by atoms with Crippen molar-refractivity contribution in [1.82, 2.24) is 0 Å². The molecule has 2 saturated carbocycles. The van der Waals surface area contributed by atoms with E-state index in [0.717, 1.165) is 19.3 Å². The number of hydrogen-bond donors (Lipinski definition) is 0. The molecule has 6 aliphatic carbocycles. The Balaban J connectivity index is 0.00000283. The van der Waals surface area contributed by atoms with E-state index in [9.17, 15) is 0 Å². The first-order chi connectivity index (χ1) is 26.7. The Morgan fingerprint density at radius 1 is 0.603 bits per heavy atom. The third kappa shape index (κ3) is 5.70. The van der Waals surface area contributed by atoms with E-state index >= 15 is 0 Å². The second-order valence-corrected chi connectivity index (χ2v) is 29.0. The number of benzene rings is 2. The van der Waals surface area contributed by atoms with Gasteiger partial charge in [-0.25, -0.2) is 0 Å². The molecular formula is C55H68Cl2Hf. The first kappa shape index (κ1) is 45.2. The molecule has 9 atom stereocenters. The van der Waals surface area contributed by atoms with Gasteiger partial charge in [0, 0.05) is 0 Å². The van der Waals surface area contributed by atoms with Gasteiger partial charge in [-0.2, -0.15) is 0 Å². The number of unbranched alkanes of at least 4 members (excludes halogenated alkanes) is 2. The van der Waals surface area contributed by atoms with Crippen LogP contribution in [0.2, 0.25) is 3.67 Å². The number of halogens is 2. The van der Waals surface area contributed by atoms with Gasteiger partial charge in [-0.3, -0.25) is 0 Å². The fourth-order valence-electron chi connectivity index (χ4n) is 14.3. The SMILES string of the molecule is CCCCc1ccc([C](c2ccc(CCCC)cc2)=[Hf+2]([C]2=CC=CC2)[CH]2C3C=CC=C(C)C3(C)C3(C)C4(C)C=CC=CC4(C)C4(C)C=CC=CC4(C)C23C)cc1.[Cl-].[Cl-]. The Kier molecular flexibility index (Phi) is 12.6. The Hall–Kier alpha value is -2.32. The molecule has 0 N–H and O–H groups in total. The molecule has 0 bridgehead atoms. The molecule has 2 aromatic carbocycles. The molecule has 3 heteroatoms. The molecule has 0 aliphatic heterocycles. The average Bonchev–Trinajstić information content (AvgIpc) is 3.79. The predicted molar refractivity (Wildman–Crippen MR) is 239 cm³/mol. The van der Waals surface area contributed by atoms with Crippen LogP contribution in [0.25, 0.3) is 0 Å². The van der Waals surface area contributed by atoms with Gasteiger partial charge >= 0.3 is 351 Å². The molecule has 0 nitrogen and oxygen atoms in total. The van der Waals surface area contributed by atoms with Crippen LogP contribution < -0.4 is 24.8 Å². The number of hydrogen-bond acceptors (Lipinski definition) is 0. The zero-order chi connectivity index (χ0) is 39.8. The van der Waals surface area contributed by atoms with Crippen molar-refractivity contribution in [3.63, 3.8) is 0 Å². The molecule has 2 aromatic rings. The molecule has 0 aromatic heterocycles. The molecule has 6 aliphatic rings. The van der Waals surface area contributed by atoms with E-state index in [1.54, 1.807) is 12.2 Å². The largest absolute Gasteiger partial charge is 1.00 e. The van der Waals surface area contributed by atoms with E-state index in [1.807, 2.05) is 0 Å². The standard InChI is InChI=1S/C29H37.C21H26.C5H5.2ClH.Hf/c1-21-14-13-15-22-20-27(6)25(4)18-10-9-16-23(25,2)24(3)17-11-12-19-26(24,5)29(27,8)28(21,22)7;1-3-5-7-18-9-13-20(14-10-18)17-21-15-11-19(12-16-21)8-6-4-2;1-2-4-5-3-1;;;/h9-20,22H,1-8H3;9-16H,3-8H2,1-2H3;1-3H,4H2;2*1H;/q;;;;;+2/p-2. The van der Waals surface area contributed by atoms with E-state index in [-0.39, 0.29) is 62.7 Å². The van der Waals surface area contributed by atoms with Crippen LogP contribution in [0.15, 0.2) is 142 Å². The first-order valence-corrected chi connectivity index (χ1v) is 27.8. The molecule has 58 heavy (non-hydrogen) atoms. The number of aryl methyl sites for hydroxylation is 2. The van der Waals surface area contributed by atoms with Crippen LogP contribution >= 0.6 is 0 Å². The van der Waals surface area contributed by atoms with Crippen LogP contribution in [0.5, 0.6) is 0 Å². The minimum atomic E-state index is -3.27. The maximum Gasteiger partial charge on any atom is -1.00 e. The van der Waals surface area contributed by atoms with Gasteiger partial charge < -0.3 is 24.8 Å². The van der Waals surface area contributed by atoms with E-state index in [4.69, 9.17) is 0 Å². The van der Waals surface area contributed by atoms with Crippen molar-refractivity contribution < 1.29 is 45.8 Å². The van der Waals surface area contributed by atoms with Crippen molar-refractivity contribution in [2.75, 3.05) is 0 Å². The van der Waals surface area contributed by atoms with Crippen molar-refractivity contribution in [3.8, 4) is 0 Å². The molecule has 0 spiro atoms. The summed E-state index contributed by atoms with van der Waals surface area (Å²) in [7, 11) is 0. The fraction of sp³-hybridized carbons (Fsp3) is 0.473. The summed E-state index contributed by atoms with van der Waals surface area (Å²) in [6, 6.07) is 20.1. The van der Waals surface area contributed by atoms with Crippen molar-refractivity contribution in [3.05, 3.63) is 165 Å². The topological polar surface area (TPSA) is 0 Å². The summed E-state index contributed by atoms with van der Waals surface area (Å²) in [6.07, 6.45) is 43.8. The monoisotopic (exact) mass is 978 g/mol. The zero-order valence-corrected chi connectivity index (χ0v) is 42.2. The smallest absolute Gasteiger partial charge is 1.00 e. The second kappa shape index (κ2) is 16.2. The van der Waals surface area contributed by atoms with Gasteiger partial charge in [-0.15, -0.1) is 0 Å². The van der Waals surface area contributed by atoms with Crippen LogP contribution in [-0.4, -0.2) is 3.26 Å². The number of rotatable bonds is 10. The molecular weight excluding hydrogens is 910 g/mol. The predicted octanol–water partition coefficient (Wildman–Crippen LogP) is 8.65. The summed E-state index contributed by atoms with van der Waals surface area (Å²) >= 11 is -3.27. The normalized spacial score (nSPS) is 37.0. The molecule has 9 unspecified atom stereocenters. The Morgan fingerprint density at radius 3 is 1.57 bits per heavy atom. The Morgan fingerprint density at radius 2 is 1.09 bits per heavy atom. The van der Waals surface area contributed by atoms with Gasteiger partial charge in [-0.05, 0) is 0 Å². The van der Waals surface area contributed by atoms with E-state index in [1.165, 1.54) is 47.9 Å². The summed E-state index contributed by atoms with van der Waals surface area (Å²) in [6.45, 7) is 26.2. The third-order valence-corrected chi connectivity index (χ3v) is 31.8. The molecule has 2 fully saturated rings. The Labute approximate surface area is 372 Å². The van der Waals surface area contributed by atoms with Crippen LogP contribution in [0.4, 0.5) is 0 Å². The van der Waals surface area contributed by atoms with Gasteiger partial charge in [0.15, 0.2) is 0 Å². The molecule has 0 radical (unpaired) electrons. The molecule has 0 heterocycles. The third-order valence-electron chi connectivity index (χ3n) is 18.3. The summed E-state index contributed by atoms with van der Waals surface area (Å²) in [5.74, 6) is 0.424. The van der Waals surface area contributed by atoms with Crippen molar-refractivity contribution in [2.24, 2.45) is 43.8 Å². The number of fused-ring (bicyclic) bond motifs is 8. The first-order valence-electron chi connectivity index (χ1n) is 22.1. The van der Waals surface area contributed by atoms with Crippen molar-refractivity contribution >= 4 is 3.26 Å². The van der Waals surface area contributed by atoms with Crippen molar-refractivity contribution in [2.45, 2.75) is 118 Å². The van der Waals surface area contributed by atoms with Gasteiger partial charge in [-0.1, -0.05) is 0 Å². The van der Waals surface area contributed by atoms with Crippen LogP contribution in [-0.2, 0) is 33.8 Å². The zero-order valence-electron chi connectivity index (χ0n) is 37.1. The van der Waals surface area contributed by atoms with Crippen molar-refractivity contribution in [1.29, 1.82) is 0 Å².